The van der Waals surface area contributed by atoms with Gasteiger partial charge in [0, 0.05) is 0 Å². The fourth-order valence-corrected chi connectivity index (χ4v) is 0.980. The number of aromatic nitrogens is 2. The molecule has 0 bridgehead atoms. The van der Waals surface area contributed by atoms with Crippen LogP contribution in [0.1, 0.15) is 0 Å². The van der Waals surface area contributed by atoms with Crippen molar-refractivity contribution in [1.82, 2.24) is 9.97 Å². The van der Waals surface area contributed by atoms with Crippen molar-refractivity contribution in [3.63, 3.8) is 0 Å². The first-order valence-electron chi connectivity index (χ1n) is 4.32. The highest BCUT2D eigenvalue weighted by atomic mass is 19.4. The molecule has 0 radical (unpaired) electrons. The Morgan fingerprint density at radius 1 is 1.12 bits per heavy atom. The van der Waals surface area contributed by atoms with Crippen LogP contribution in [-0.2, 0) is 0 Å². The van der Waals surface area contributed by atoms with Crippen LogP contribution >= 0.6 is 0 Å². The normalized spacial score (nSPS) is 11.1. The molecule has 17 heavy (non-hydrogen) atoms. The van der Waals surface area contributed by atoms with Gasteiger partial charge in [-0.1, -0.05) is 0 Å². The zero-order valence-electron chi connectivity index (χ0n) is 9.04. The quantitative estimate of drug-likeness (QED) is 0.862. The number of ether oxygens (including phenoxy) is 3. The summed E-state index contributed by atoms with van der Waals surface area (Å²) >= 11 is 0. The fourth-order valence-electron chi connectivity index (χ4n) is 0.980. The van der Waals surface area contributed by atoms with Crippen LogP contribution in [0.5, 0.6) is 17.5 Å². The molecule has 6 nitrogen and oxygen atoms in total. The molecular formula is C8H10F3N3O3. The molecule has 0 saturated carbocycles. The minimum absolute atomic E-state index is 0.196. The smallest absolute Gasteiger partial charge is 0.422 e. The fraction of sp³-hybridized carbons (Fsp3) is 0.500. The number of hydrogen-bond donors (Lipinski definition) is 1. The van der Waals surface area contributed by atoms with Crippen LogP contribution in [0.25, 0.3) is 0 Å². The Balaban J connectivity index is 3.03. The molecule has 0 atom stereocenters. The summed E-state index contributed by atoms with van der Waals surface area (Å²) in [6, 6.07) is 0. The lowest BCUT2D eigenvalue weighted by Crippen LogP contribution is -2.20. The predicted molar refractivity (Wildman–Crippen MR) is 51.1 cm³/mol. The first-order valence-corrected chi connectivity index (χ1v) is 4.32. The van der Waals surface area contributed by atoms with E-state index in [-0.39, 0.29) is 23.5 Å². The van der Waals surface area contributed by atoms with Crippen molar-refractivity contribution in [3.05, 3.63) is 0 Å². The van der Waals surface area contributed by atoms with Gasteiger partial charge in [-0.2, -0.15) is 23.1 Å². The minimum Gasteiger partial charge on any atom is -0.478 e. The number of alkyl halides is 3. The molecule has 0 saturated heterocycles. The highest BCUT2D eigenvalue weighted by molar-refractivity contribution is 5.46. The highest BCUT2D eigenvalue weighted by Gasteiger charge is 2.30. The molecule has 1 aromatic heterocycles. The van der Waals surface area contributed by atoms with Crippen LogP contribution in [0.2, 0.25) is 0 Å². The first kappa shape index (κ1) is 13.1. The molecule has 0 unspecified atom stereocenters. The molecule has 0 fully saturated rings. The second kappa shape index (κ2) is 4.93. The van der Waals surface area contributed by atoms with Crippen molar-refractivity contribution in [3.8, 4) is 17.5 Å². The Morgan fingerprint density at radius 2 is 1.59 bits per heavy atom. The summed E-state index contributed by atoms with van der Waals surface area (Å²) in [5.74, 6) is -0.989. The van der Waals surface area contributed by atoms with Crippen molar-refractivity contribution in [1.29, 1.82) is 0 Å². The van der Waals surface area contributed by atoms with Gasteiger partial charge in [-0.05, 0) is 0 Å². The van der Waals surface area contributed by atoms with E-state index in [1.165, 1.54) is 14.2 Å². The van der Waals surface area contributed by atoms with E-state index in [1.807, 2.05) is 0 Å². The number of nitrogens with two attached hydrogens (primary N) is 1. The number of hydrogen-bond acceptors (Lipinski definition) is 6. The standard InChI is InChI=1S/C8H10F3N3O3/c1-15-5-4(17-3-8(9,10)11)6(16-2)14-7(12)13-5/h3H2,1-2H3,(H2,12,13,14). The van der Waals surface area contributed by atoms with Crippen molar-refractivity contribution in [2.45, 2.75) is 6.18 Å². The molecule has 2 N–H and O–H groups in total. The Morgan fingerprint density at radius 3 is 1.94 bits per heavy atom. The Labute approximate surface area is 94.5 Å². The molecule has 1 heterocycles. The zero-order chi connectivity index (χ0) is 13.1. The monoisotopic (exact) mass is 253 g/mol. The van der Waals surface area contributed by atoms with Gasteiger partial charge in [-0.25, -0.2) is 0 Å². The van der Waals surface area contributed by atoms with Crippen molar-refractivity contribution in [2.24, 2.45) is 0 Å². The summed E-state index contributed by atoms with van der Waals surface area (Å²) in [6.07, 6.45) is -4.49. The van der Waals surface area contributed by atoms with Gasteiger partial charge in [0.25, 0.3) is 11.8 Å². The van der Waals surface area contributed by atoms with Crippen molar-refractivity contribution < 1.29 is 27.4 Å². The molecule has 0 aliphatic carbocycles. The number of halogens is 3. The Kier molecular flexibility index (Phi) is 3.81. The summed E-state index contributed by atoms with van der Waals surface area (Å²) < 4.78 is 50.0. The second-order valence-electron chi connectivity index (χ2n) is 2.83. The van der Waals surface area contributed by atoms with Gasteiger partial charge in [-0.15, -0.1) is 0 Å². The van der Waals surface area contributed by atoms with Crippen LogP contribution in [0.4, 0.5) is 19.1 Å². The summed E-state index contributed by atoms with van der Waals surface area (Å²) in [5.41, 5.74) is 5.30. The van der Waals surface area contributed by atoms with Gasteiger partial charge in [-0.3, -0.25) is 0 Å². The molecule has 9 heteroatoms. The van der Waals surface area contributed by atoms with Crippen LogP contribution in [0.3, 0.4) is 0 Å². The third-order valence-electron chi connectivity index (χ3n) is 1.59. The number of nitrogens with zero attached hydrogens (tertiary/aromatic N) is 2. The topological polar surface area (TPSA) is 79.5 Å². The Bertz CT molecular complexity index is 372. The van der Waals surface area contributed by atoms with E-state index in [1.54, 1.807) is 0 Å². The van der Waals surface area contributed by atoms with E-state index in [0.29, 0.717) is 0 Å². The summed E-state index contributed by atoms with van der Waals surface area (Å²) in [7, 11) is 2.42. The largest absolute Gasteiger partial charge is 0.478 e. The lowest BCUT2D eigenvalue weighted by molar-refractivity contribution is -0.153. The summed E-state index contributed by atoms with van der Waals surface area (Å²) in [5, 5.41) is 0. The highest BCUT2D eigenvalue weighted by Crippen LogP contribution is 2.35. The number of methoxy groups -OCH3 is 2. The van der Waals surface area contributed by atoms with E-state index in [4.69, 9.17) is 15.2 Å². The van der Waals surface area contributed by atoms with E-state index in [0.717, 1.165) is 0 Å². The first-order chi connectivity index (χ1) is 7.87. The molecule has 0 aromatic carbocycles. The second-order valence-corrected chi connectivity index (χ2v) is 2.83. The van der Waals surface area contributed by atoms with Crippen LogP contribution in [0.15, 0.2) is 0 Å². The molecule has 0 amide bonds. The maximum absolute atomic E-state index is 12.0. The van der Waals surface area contributed by atoms with Gasteiger partial charge in [0.05, 0.1) is 14.2 Å². The maximum Gasteiger partial charge on any atom is 0.422 e. The molecule has 0 aliphatic rings. The van der Waals surface area contributed by atoms with Crippen molar-refractivity contribution >= 4 is 5.95 Å². The number of nitrogen functional groups attached to an aromatic ring is 1. The molecule has 0 aliphatic heterocycles. The van der Waals surface area contributed by atoms with Gasteiger partial charge >= 0.3 is 6.18 Å². The molecular weight excluding hydrogens is 243 g/mol. The SMILES string of the molecule is COc1nc(N)nc(OC)c1OCC(F)(F)F. The molecule has 96 valence electrons. The van der Waals surface area contributed by atoms with Gasteiger partial charge < -0.3 is 19.9 Å². The maximum atomic E-state index is 12.0. The van der Waals surface area contributed by atoms with Crippen LogP contribution < -0.4 is 19.9 Å². The molecule has 0 spiro atoms. The van der Waals surface area contributed by atoms with Crippen molar-refractivity contribution in [2.75, 3.05) is 26.6 Å². The zero-order valence-corrected chi connectivity index (χ0v) is 9.04. The third kappa shape index (κ3) is 3.54. The van der Waals surface area contributed by atoms with Crippen LogP contribution in [-0.4, -0.2) is 37.0 Å². The van der Waals surface area contributed by atoms with Gasteiger partial charge in [0.2, 0.25) is 11.7 Å². The van der Waals surface area contributed by atoms with E-state index in [9.17, 15) is 13.2 Å². The lowest BCUT2D eigenvalue weighted by atomic mass is 10.5. The number of anilines is 1. The van der Waals surface area contributed by atoms with Gasteiger partial charge in [0.1, 0.15) is 0 Å². The third-order valence-corrected chi connectivity index (χ3v) is 1.59. The average Bonchev–Trinajstić information content (AvgIpc) is 2.24. The van der Waals surface area contributed by atoms with Crippen LogP contribution in [0, 0.1) is 0 Å². The Hall–Kier alpha value is -1.93. The average molecular weight is 253 g/mol. The van der Waals surface area contributed by atoms with E-state index in [2.05, 4.69) is 14.7 Å². The minimum atomic E-state index is -4.49. The summed E-state index contributed by atoms with van der Waals surface area (Å²) in [4.78, 5) is 7.15. The van der Waals surface area contributed by atoms with E-state index < -0.39 is 12.8 Å². The molecule has 1 aromatic rings. The van der Waals surface area contributed by atoms with Gasteiger partial charge in [0.15, 0.2) is 6.61 Å². The predicted octanol–water partition coefficient (Wildman–Crippen LogP) is 1.02. The lowest BCUT2D eigenvalue weighted by Gasteiger charge is -2.13. The summed E-state index contributed by atoms with van der Waals surface area (Å²) in [6.45, 7) is -1.51. The van der Waals surface area contributed by atoms with E-state index >= 15 is 0 Å². The number of rotatable bonds is 4. The molecule has 1 rings (SSSR count).